The number of likely N-dealkylation sites (tertiary alicyclic amines) is 2. The van der Waals surface area contributed by atoms with Gasteiger partial charge in [0.25, 0.3) is 0 Å². The zero-order valence-electron chi connectivity index (χ0n) is 32.1. The summed E-state index contributed by atoms with van der Waals surface area (Å²) in [6.45, 7) is 8.27. The van der Waals surface area contributed by atoms with Crippen molar-refractivity contribution >= 4 is 22.8 Å². The third kappa shape index (κ3) is 6.55. The first kappa shape index (κ1) is 35.8. The van der Waals surface area contributed by atoms with Crippen molar-refractivity contribution in [3.8, 4) is 33.5 Å². The van der Waals surface area contributed by atoms with Crippen LogP contribution in [0.1, 0.15) is 107 Å². The average Bonchev–Trinajstić information content (AvgIpc) is 3.97. The summed E-state index contributed by atoms with van der Waals surface area (Å²) in [7, 11) is 0. The lowest BCUT2D eigenvalue weighted by Crippen LogP contribution is -2.32. The van der Waals surface area contributed by atoms with Crippen molar-refractivity contribution < 1.29 is 18.4 Å². The van der Waals surface area contributed by atoms with E-state index < -0.39 is 12.3 Å². The second kappa shape index (κ2) is 14.0. The molecule has 55 heavy (non-hydrogen) atoms. The number of carbonyl (C=O) groups is 2. The van der Waals surface area contributed by atoms with Crippen LogP contribution in [0.5, 0.6) is 0 Å². The summed E-state index contributed by atoms with van der Waals surface area (Å²) >= 11 is 0. The molecule has 9 rings (SSSR count). The summed E-state index contributed by atoms with van der Waals surface area (Å²) in [5, 5.41) is 0. The van der Waals surface area contributed by atoms with Gasteiger partial charge in [0.05, 0.1) is 48.1 Å². The normalized spacial score (nSPS) is 24.6. The molecule has 0 radical (unpaired) electrons. The summed E-state index contributed by atoms with van der Waals surface area (Å²) in [5.74, 6) is 2.89. The van der Waals surface area contributed by atoms with Gasteiger partial charge >= 0.3 is 0 Å². The molecule has 2 saturated heterocycles. The van der Waals surface area contributed by atoms with Crippen LogP contribution in [0.25, 0.3) is 44.5 Å². The van der Waals surface area contributed by atoms with Gasteiger partial charge in [-0.05, 0) is 94.0 Å². The van der Waals surface area contributed by atoms with Crippen LogP contribution >= 0.6 is 0 Å². The molecule has 10 heteroatoms. The summed E-state index contributed by atoms with van der Waals surface area (Å²) in [6, 6.07) is 18.7. The largest absolute Gasteiger partial charge is 0.340 e. The second-order valence-corrected chi connectivity index (χ2v) is 17.3. The average molecular weight is 745 g/mol. The number of rotatable bonds is 9. The molecule has 6 unspecified atom stereocenters. The monoisotopic (exact) mass is 744 g/mol. The third-order valence-corrected chi connectivity index (χ3v) is 12.5. The first-order chi connectivity index (χ1) is 26.5. The zero-order valence-corrected chi connectivity index (χ0v) is 32.1. The third-order valence-electron chi connectivity index (χ3n) is 12.5. The number of halogens is 2. The zero-order chi connectivity index (χ0) is 38.1. The number of H-pyrrole nitrogens is 2. The van der Waals surface area contributed by atoms with Gasteiger partial charge in [-0.15, -0.1) is 0 Å². The number of alkyl halides is 2. The van der Waals surface area contributed by atoms with Gasteiger partial charge in [-0.2, -0.15) is 0 Å². The number of amides is 2. The lowest BCUT2D eigenvalue weighted by atomic mass is 9.73. The van der Waals surface area contributed by atoms with Crippen LogP contribution in [0.3, 0.4) is 0 Å². The summed E-state index contributed by atoms with van der Waals surface area (Å²) in [5.41, 5.74) is 11.3. The molecule has 6 atom stereocenters. The molecule has 0 spiro atoms. The van der Waals surface area contributed by atoms with Crippen molar-refractivity contribution in [2.75, 3.05) is 13.1 Å². The predicted octanol–water partition coefficient (Wildman–Crippen LogP) is 9.65. The van der Waals surface area contributed by atoms with E-state index >= 15 is 0 Å². The fourth-order valence-corrected chi connectivity index (χ4v) is 9.69. The lowest BCUT2D eigenvalue weighted by Gasteiger charge is -2.31. The van der Waals surface area contributed by atoms with Crippen LogP contribution in [-0.2, 0) is 16.0 Å². The second-order valence-electron chi connectivity index (χ2n) is 17.3. The molecule has 3 fully saturated rings. The van der Waals surface area contributed by atoms with Gasteiger partial charge < -0.3 is 19.8 Å². The van der Waals surface area contributed by atoms with Gasteiger partial charge in [-0.25, -0.2) is 18.7 Å². The topological polar surface area (TPSA) is 98.0 Å². The van der Waals surface area contributed by atoms with Crippen LogP contribution in [-0.4, -0.2) is 67.0 Å². The number of aromatic nitrogens is 4. The van der Waals surface area contributed by atoms with Crippen molar-refractivity contribution in [3.63, 3.8) is 0 Å². The number of nitrogens with zero attached hydrogens (tertiary/aromatic N) is 4. The minimum Gasteiger partial charge on any atom is -0.340 e. The highest BCUT2D eigenvalue weighted by Crippen LogP contribution is 2.56. The van der Waals surface area contributed by atoms with Crippen molar-refractivity contribution in [2.24, 2.45) is 17.8 Å². The standard InChI is InChI=1S/C45H50F2N6O2/c1-24(2)15-41(54)52-22-30(46)19-39(52)44-48-21-38(51-44)27-7-5-26(6-8-27)33-13-12-32(35-17-28-9-11-34(28)43(33)35)29-10-14-36-37(18-29)50-45(49-36)40-20-31(47)23-53(40)42(55)16-25(3)4/h5-8,10,12-14,18,21,24-25,28,30-31,34,39-40H,9,11,15-17,19-20,22-23H2,1-4H3,(H,48,51)(H,49,50). The fourth-order valence-electron chi connectivity index (χ4n) is 9.69. The van der Waals surface area contributed by atoms with Crippen LogP contribution in [0.4, 0.5) is 8.78 Å². The molecule has 5 aromatic rings. The van der Waals surface area contributed by atoms with Gasteiger partial charge in [0.1, 0.15) is 24.0 Å². The molecule has 3 aromatic carbocycles. The molecule has 4 aliphatic rings. The smallest absolute Gasteiger partial charge is 0.223 e. The Morgan fingerprint density at radius 3 is 2.02 bits per heavy atom. The van der Waals surface area contributed by atoms with Crippen LogP contribution in [0.2, 0.25) is 0 Å². The van der Waals surface area contributed by atoms with E-state index in [2.05, 4.69) is 63.5 Å². The number of nitrogens with one attached hydrogen (secondary N) is 2. The predicted molar refractivity (Wildman–Crippen MR) is 211 cm³/mol. The highest BCUT2D eigenvalue weighted by atomic mass is 19.1. The van der Waals surface area contributed by atoms with Crippen molar-refractivity contribution in [1.29, 1.82) is 0 Å². The van der Waals surface area contributed by atoms with E-state index in [-0.39, 0.29) is 61.7 Å². The van der Waals surface area contributed by atoms with E-state index in [1.54, 1.807) is 16.0 Å². The number of carbonyl (C=O) groups excluding carboxylic acids is 2. The minimum absolute atomic E-state index is 0.0175. The molecular formula is C45H50F2N6O2. The molecule has 8 nitrogen and oxygen atoms in total. The number of aromatic amines is 2. The maximum atomic E-state index is 14.7. The Labute approximate surface area is 321 Å². The van der Waals surface area contributed by atoms with Crippen LogP contribution < -0.4 is 0 Å². The Kier molecular flexibility index (Phi) is 9.13. The SMILES string of the molecule is CC(C)CC(=O)N1CC(F)CC1c1ncc(-c2ccc(-c3ccc(-c4ccc5nc(C6CC(F)CN6C(=O)CC(C)C)[nH]c5c4)c4c3C3CCC3C4)cc2)[nH]1. The van der Waals surface area contributed by atoms with Crippen molar-refractivity contribution in [2.45, 2.75) is 103 Å². The first-order valence-electron chi connectivity index (χ1n) is 20.2. The number of benzene rings is 3. The van der Waals surface area contributed by atoms with Crippen molar-refractivity contribution in [1.82, 2.24) is 29.7 Å². The maximum Gasteiger partial charge on any atom is 0.223 e. The van der Waals surface area contributed by atoms with Gasteiger partial charge in [0, 0.05) is 25.7 Å². The van der Waals surface area contributed by atoms with E-state index in [0.717, 1.165) is 34.3 Å². The Morgan fingerprint density at radius 1 is 0.764 bits per heavy atom. The van der Waals surface area contributed by atoms with E-state index in [1.165, 1.54) is 40.7 Å². The minimum atomic E-state index is -1.05. The first-order valence-corrected chi connectivity index (χ1v) is 20.2. The fraction of sp³-hybridized carbons (Fsp3) is 0.467. The van der Waals surface area contributed by atoms with Gasteiger partial charge in [0.15, 0.2) is 0 Å². The van der Waals surface area contributed by atoms with E-state index in [1.807, 2.05) is 33.8 Å². The highest BCUT2D eigenvalue weighted by Gasteiger charge is 2.42. The summed E-state index contributed by atoms with van der Waals surface area (Å²) < 4.78 is 29.2. The molecule has 4 heterocycles. The Morgan fingerprint density at radius 2 is 1.38 bits per heavy atom. The molecule has 286 valence electrons. The van der Waals surface area contributed by atoms with Crippen LogP contribution in [0, 0.1) is 17.8 Å². The van der Waals surface area contributed by atoms with E-state index in [4.69, 9.17) is 4.98 Å². The molecule has 0 bridgehead atoms. The molecule has 2 amide bonds. The highest BCUT2D eigenvalue weighted by molar-refractivity contribution is 5.86. The Balaban J connectivity index is 0.981. The number of hydrogen-bond donors (Lipinski definition) is 2. The summed E-state index contributed by atoms with van der Waals surface area (Å²) in [4.78, 5) is 45.6. The molecular weight excluding hydrogens is 695 g/mol. The number of imidazole rings is 2. The van der Waals surface area contributed by atoms with E-state index in [0.29, 0.717) is 36.3 Å². The number of fused-ring (bicyclic) bond motifs is 4. The Hall–Kier alpha value is -4.86. The lowest BCUT2D eigenvalue weighted by molar-refractivity contribution is -0.134. The summed E-state index contributed by atoms with van der Waals surface area (Å²) in [6.07, 6.45) is 4.52. The van der Waals surface area contributed by atoms with Crippen LogP contribution in [0.15, 0.2) is 60.8 Å². The molecule has 2 aromatic heterocycles. The molecule has 1 saturated carbocycles. The van der Waals surface area contributed by atoms with E-state index in [9.17, 15) is 18.4 Å². The van der Waals surface area contributed by atoms with Gasteiger partial charge in [0.2, 0.25) is 11.8 Å². The van der Waals surface area contributed by atoms with Gasteiger partial charge in [-0.1, -0.05) is 70.2 Å². The molecule has 2 aliphatic heterocycles. The van der Waals surface area contributed by atoms with Gasteiger partial charge in [-0.3, -0.25) is 9.59 Å². The van der Waals surface area contributed by atoms with Crippen molar-refractivity contribution in [3.05, 3.63) is 83.6 Å². The Bertz CT molecular complexity index is 2260. The maximum absolute atomic E-state index is 14.7. The quantitative estimate of drug-likeness (QED) is 0.157. The molecule has 2 aliphatic carbocycles. The number of hydrogen-bond acceptors (Lipinski definition) is 4. The molecule has 2 N–H and O–H groups in total.